The van der Waals surface area contributed by atoms with E-state index in [2.05, 4.69) is 6.08 Å². The van der Waals surface area contributed by atoms with Crippen molar-refractivity contribution < 1.29 is 9.47 Å². The predicted molar refractivity (Wildman–Crippen MR) is 46.7 cm³/mol. The van der Waals surface area contributed by atoms with Crippen LogP contribution in [0.4, 0.5) is 0 Å². The van der Waals surface area contributed by atoms with Gasteiger partial charge in [0, 0.05) is 7.11 Å². The fraction of sp³-hybridized carbons (Fsp3) is 0.778. The monoisotopic (exact) mass is 158 g/mol. The van der Waals surface area contributed by atoms with Crippen molar-refractivity contribution in [1.29, 1.82) is 0 Å². The zero-order chi connectivity index (χ0) is 8.53. The molecule has 0 aromatic rings. The molecule has 0 atom stereocenters. The third-order valence-corrected chi connectivity index (χ3v) is 1.17. The third-order valence-electron chi connectivity index (χ3n) is 1.17. The SMILES string of the molecule is COC/C=C\CCOC(C)C. The van der Waals surface area contributed by atoms with Crippen molar-refractivity contribution in [2.45, 2.75) is 26.4 Å². The van der Waals surface area contributed by atoms with Crippen molar-refractivity contribution in [3.8, 4) is 0 Å². The van der Waals surface area contributed by atoms with Crippen LogP contribution in [0.25, 0.3) is 0 Å². The molecule has 0 spiro atoms. The highest BCUT2D eigenvalue weighted by molar-refractivity contribution is 4.80. The van der Waals surface area contributed by atoms with Crippen molar-refractivity contribution in [2.24, 2.45) is 0 Å². The molecule has 0 rings (SSSR count). The molecule has 0 heterocycles. The number of rotatable bonds is 6. The molecule has 0 aliphatic rings. The summed E-state index contributed by atoms with van der Waals surface area (Å²) >= 11 is 0. The predicted octanol–water partition coefficient (Wildman–Crippen LogP) is 2.00. The molecule has 66 valence electrons. The Kier molecular flexibility index (Phi) is 7.52. The van der Waals surface area contributed by atoms with Crippen LogP contribution in [0.2, 0.25) is 0 Å². The Balaban J connectivity index is 3.01. The van der Waals surface area contributed by atoms with Gasteiger partial charge in [-0.05, 0) is 20.3 Å². The van der Waals surface area contributed by atoms with E-state index in [0.717, 1.165) is 13.0 Å². The van der Waals surface area contributed by atoms with Crippen molar-refractivity contribution in [2.75, 3.05) is 20.3 Å². The molecule has 0 aliphatic heterocycles. The van der Waals surface area contributed by atoms with E-state index in [-0.39, 0.29) is 0 Å². The van der Waals surface area contributed by atoms with E-state index in [1.807, 2.05) is 19.9 Å². The first-order valence-corrected chi connectivity index (χ1v) is 4.03. The molecule has 0 radical (unpaired) electrons. The van der Waals surface area contributed by atoms with Gasteiger partial charge in [-0.15, -0.1) is 0 Å². The Bertz CT molecular complexity index is 97.7. The summed E-state index contributed by atoms with van der Waals surface area (Å²) < 4.78 is 10.2. The van der Waals surface area contributed by atoms with Gasteiger partial charge in [-0.3, -0.25) is 0 Å². The molecule has 0 amide bonds. The molecule has 0 N–H and O–H groups in total. The lowest BCUT2D eigenvalue weighted by Gasteiger charge is -2.04. The van der Waals surface area contributed by atoms with E-state index in [1.165, 1.54) is 0 Å². The summed E-state index contributed by atoms with van der Waals surface area (Å²) in [6.07, 6.45) is 5.39. The van der Waals surface area contributed by atoms with Gasteiger partial charge in [-0.2, -0.15) is 0 Å². The Morgan fingerprint density at radius 2 is 2.00 bits per heavy atom. The van der Waals surface area contributed by atoms with Crippen molar-refractivity contribution in [3.63, 3.8) is 0 Å². The maximum atomic E-state index is 5.33. The Morgan fingerprint density at radius 1 is 1.27 bits per heavy atom. The van der Waals surface area contributed by atoms with E-state index in [1.54, 1.807) is 7.11 Å². The average Bonchev–Trinajstić information content (AvgIpc) is 1.96. The van der Waals surface area contributed by atoms with E-state index >= 15 is 0 Å². The summed E-state index contributed by atoms with van der Waals surface area (Å²) in [6.45, 7) is 5.58. The van der Waals surface area contributed by atoms with E-state index in [0.29, 0.717) is 12.7 Å². The van der Waals surface area contributed by atoms with Gasteiger partial charge in [0.05, 0.1) is 19.3 Å². The minimum absolute atomic E-state index is 0.339. The molecule has 2 heteroatoms. The quantitative estimate of drug-likeness (QED) is 0.435. The molecule has 0 aromatic carbocycles. The molecule has 0 bridgehead atoms. The lowest BCUT2D eigenvalue weighted by atomic mass is 10.4. The molecule has 0 aromatic heterocycles. The first-order chi connectivity index (χ1) is 5.27. The molecular formula is C9H18O2. The standard InChI is InChI=1S/C9H18O2/c1-9(2)11-8-6-4-5-7-10-3/h4-5,9H,6-8H2,1-3H3/b5-4-. The van der Waals surface area contributed by atoms with E-state index in [9.17, 15) is 0 Å². The van der Waals surface area contributed by atoms with Gasteiger partial charge in [0.15, 0.2) is 0 Å². The Hall–Kier alpha value is -0.340. The van der Waals surface area contributed by atoms with Crippen LogP contribution in [0.5, 0.6) is 0 Å². The zero-order valence-corrected chi connectivity index (χ0v) is 7.67. The molecule has 0 saturated carbocycles. The van der Waals surface area contributed by atoms with Crippen molar-refractivity contribution in [1.82, 2.24) is 0 Å². The summed E-state index contributed by atoms with van der Waals surface area (Å²) in [5.41, 5.74) is 0. The molecule has 0 fully saturated rings. The average molecular weight is 158 g/mol. The van der Waals surface area contributed by atoms with Crippen LogP contribution in [0.3, 0.4) is 0 Å². The summed E-state index contributed by atoms with van der Waals surface area (Å²) in [6, 6.07) is 0. The summed E-state index contributed by atoms with van der Waals surface area (Å²) in [4.78, 5) is 0. The molecule has 11 heavy (non-hydrogen) atoms. The molecule has 0 unspecified atom stereocenters. The zero-order valence-electron chi connectivity index (χ0n) is 7.67. The van der Waals surface area contributed by atoms with Crippen LogP contribution < -0.4 is 0 Å². The van der Waals surface area contributed by atoms with E-state index in [4.69, 9.17) is 9.47 Å². The van der Waals surface area contributed by atoms with Crippen molar-refractivity contribution in [3.05, 3.63) is 12.2 Å². The van der Waals surface area contributed by atoms with Gasteiger partial charge in [0.1, 0.15) is 0 Å². The lowest BCUT2D eigenvalue weighted by Crippen LogP contribution is -2.02. The van der Waals surface area contributed by atoms with Gasteiger partial charge in [-0.1, -0.05) is 12.2 Å². The third kappa shape index (κ3) is 9.66. The summed E-state index contributed by atoms with van der Waals surface area (Å²) in [7, 11) is 1.69. The van der Waals surface area contributed by atoms with Crippen LogP contribution in [0.1, 0.15) is 20.3 Å². The van der Waals surface area contributed by atoms with E-state index < -0.39 is 0 Å². The van der Waals surface area contributed by atoms with Crippen LogP contribution >= 0.6 is 0 Å². The Morgan fingerprint density at radius 3 is 2.55 bits per heavy atom. The van der Waals surface area contributed by atoms with Crippen LogP contribution in [0.15, 0.2) is 12.2 Å². The highest BCUT2D eigenvalue weighted by Crippen LogP contribution is 1.91. The lowest BCUT2D eigenvalue weighted by molar-refractivity contribution is 0.0825. The second-order valence-corrected chi connectivity index (χ2v) is 2.63. The summed E-state index contributed by atoms with van der Waals surface area (Å²) in [5.74, 6) is 0. The van der Waals surface area contributed by atoms with Crippen LogP contribution in [-0.2, 0) is 9.47 Å². The highest BCUT2D eigenvalue weighted by atomic mass is 16.5. The van der Waals surface area contributed by atoms with Gasteiger partial charge in [-0.25, -0.2) is 0 Å². The topological polar surface area (TPSA) is 18.5 Å². The normalized spacial score (nSPS) is 11.6. The molecule has 2 nitrogen and oxygen atoms in total. The molecule has 0 saturated heterocycles. The maximum Gasteiger partial charge on any atom is 0.0643 e. The van der Waals surface area contributed by atoms with Crippen LogP contribution in [-0.4, -0.2) is 26.4 Å². The second kappa shape index (κ2) is 7.76. The maximum absolute atomic E-state index is 5.33. The summed E-state index contributed by atoms with van der Waals surface area (Å²) in [5, 5.41) is 0. The number of hydrogen-bond donors (Lipinski definition) is 0. The first kappa shape index (κ1) is 10.7. The second-order valence-electron chi connectivity index (χ2n) is 2.63. The highest BCUT2D eigenvalue weighted by Gasteiger charge is 1.88. The smallest absolute Gasteiger partial charge is 0.0643 e. The fourth-order valence-electron chi connectivity index (χ4n) is 0.654. The van der Waals surface area contributed by atoms with Gasteiger partial charge >= 0.3 is 0 Å². The largest absolute Gasteiger partial charge is 0.381 e. The minimum Gasteiger partial charge on any atom is -0.381 e. The number of ether oxygens (including phenoxy) is 2. The van der Waals surface area contributed by atoms with Gasteiger partial charge < -0.3 is 9.47 Å². The van der Waals surface area contributed by atoms with Gasteiger partial charge in [0.2, 0.25) is 0 Å². The number of hydrogen-bond acceptors (Lipinski definition) is 2. The van der Waals surface area contributed by atoms with Gasteiger partial charge in [0.25, 0.3) is 0 Å². The molecular weight excluding hydrogens is 140 g/mol. The first-order valence-electron chi connectivity index (χ1n) is 4.03. The number of methoxy groups -OCH3 is 1. The van der Waals surface area contributed by atoms with Crippen molar-refractivity contribution >= 4 is 0 Å². The minimum atomic E-state index is 0.339. The Labute approximate surface area is 69.2 Å². The molecule has 0 aliphatic carbocycles. The fourth-order valence-corrected chi connectivity index (χ4v) is 0.654. The van der Waals surface area contributed by atoms with Crippen LogP contribution in [0, 0.1) is 0 Å².